The number of carbonyl (C=O) groups is 2. The molecular formula is C14H26N2O3. The van der Waals surface area contributed by atoms with E-state index in [1.54, 1.807) is 0 Å². The summed E-state index contributed by atoms with van der Waals surface area (Å²) >= 11 is 0. The molecule has 0 aromatic heterocycles. The van der Waals surface area contributed by atoms with Gasteiger partial charge >= 0.3 is 5.97 Å². The quantitative estimate of drug-likeness (QED) is 0.650. The Balaban J connectivity index is 2.28. The molecule has 0 bridgehead atoms. The van der Waals surface area contributed by atoms with Crippen LogP contribution in [-0.2, 0) is 9.59 Å². The second-order valence-electron chi connectivity index (χ2n) is 5.79. The Kier molecular flexibility index (Phi) is 5.35. The normalized spacial score (nSPS) is 24.3. The third-order valence-electron chi connectivity index (χ3n) is 4.22. The second kappa shape index (κ2) is 6.37. The van der Waals surface area contributed by atoms with E-state index in [0.29, 0.717) is 6.54 Å². The van der Waals surface area contributed by atoms with Gasteiger partial charge in [0.2, 0.25) is 5.91 Å². The average Bonchev–Trinajstić information content (AvgIpc) is 2.92. The number of aliphatic carboxylic acids is 1. The highest BCUT2D eigenvalue weighted by molar-refractivity contribution is 5.91. The summed E-state index contributed by atoms with van der Waals surface area (Å²) in [5, 5.41) is 11.9. The third-order valence-corrected chi connectivity index (χ3v) is 4.22. The van der Waals surface area contributed by atoms with Gasteiger partial charge in [0.1, 0.15) is 0 Å². The Morgan fingerprint density at radius 2 is 1.79 bits per heavy atom. The van der Waals surface area contributed by atoms with Gasteiger partial charge in [0.15, 0.2) is 0 Å². The van der Waals surface area contributed by atoms with Gasteiger partial charge < -0.3 is 15.3 Å². The van der Waals surface area contributed by atoms with Crippen LogP contribution in [0.4, 0.5) is 0 Å². The first-order valence-electron chi connectivity index (χ1n) is 7.09. The Hall–Kier alpha value is -1.10. The van der Waals surface area contributed by atoms with Crippen molar-refractivity contribution in [2.75, 3.05) is 26.2 Å². The lowest BCUT2D eigenvalue weighted by Gasteiger charge is -2.17. The molecule has 110 valence electrons. The van der Waals surface area contributed by atoms with Crippen LogP contribution in [0.5, 0.6) is 0 Å². The molecule has 5 nitrogen and oxygen atoms in total. The number of hydrogen-bond acceptors (Lipinski definition) is 3. The molecule has 2 unspecified atom stereocenters. The summed E-state index contributed by atoms with van der Waals surface area (Å²) in [5.74, 6) is -1.89. The minimum absolute atomic E-state index is 0.114. The van der Waals surface area contributed by atoms with Crippen molar-refractivity contribution in [1.82, 2.24) is 10.2 Å². The molecule has 0 aromatic rings. The van der Waals surface area contributed by atoms with Crippen molar-refractivity contribution in [2.24, 2.45) is 17.3 Å². The van der Waals surface area contributed by atoms with Crippen LogP contribution in [0.25, 0.3) is 0 Å². The molecule has 0 aliphatic heterocycles. The van der Waals surface area contributed by atoms with Crippen molar-refractivity contribution < 1.29 is 14.7 Å². The number of carboxylic acid groups (broad SMARTS) is 1. The van der Waals surface area contributed by atoms with Gasteiger partial charge in [0.25, 0.3) is 0 Å². The lowest BCUT2D eigenvalue weighted by atomic mass is 10.1. The van der Waals surface area contributed by atoms with Gasteiger partial charge in [-0.15, -0.1) is 0 Å². The van der Waals surface area contributed by atoms with E-state index in [-0.39, 0.29) is 11.8 Å². The summed E-state index contributed by atoms with van der Waals surface area (Å²) in [7, 11) is 0. The standard InChI is InChI=1S/C14H26N2O3/c1-5-16(6-2)9-7-8-15-12(17)10-11(13(18)19)14(10,3)4/h10-11H,5-9H2,1-4H3,(H,15,17)(H,18,19). The van der Waals surface area contributed by atoms with E-state index in [1.807, 2.05) is 13.8 Å². The summed E-state index contributed by atoms with van der Waals surface area (Å²) in [5.41, 5.74) is -0.408. The highest BCUT2D eigenvalue weighted by atomic mass is 16.4. The Bertz CT molecular complexity index is 338. The fraction of sp³-hybridized carbons (Fsp3) is 0.857. The first-order valence-corrected chi connectivity index (χ1v) is 7.09. The molecular weight excluding hydrogens is 244 g/mol. The molecule has 5 heteroatoms. The molecule has 0 aromatic carbocycles. The predicted octanol–water partition coefficient (Wildman–Crippen LogP) is 1.19. The minimum atomic E-state index is -0.867. The fourth-order valence-corrected chi connectivity index (χ4v) is 2.75. The summed E-state index contributed by atoms with van der Waals surface area (Å²) < 4.78 is 0. The molecule has 0 saturated heterocycles. The van der Waals surface area contributed by atoms with Gasteiger partial charge in [0.05, 0.1) is 11.8 Å². The maximum atomic E-state index is 11.9. The van der Waals surface area contributed by atoms with Gasteiger partial charge in [-0.05, 0) is 31.5 Å². The number of nitrogens with one attached hydrogen (secondary N) is 1. The predicted molar refractivity (Wildman–Crippen MR) is 73.8 cm³/mol. The van der Waals surface area contributed by atoms with Crippen LogP contribution in [0.3, 0.4) is 0 Å². The highest BCUT2D eigenvalue weighted by Crippen LogP contribution is 2.58. The van der Waals surface area contributed by atoms with E-state index in [2.05, 4.69) is 24.1 Å². The number of amides is 1. The molecule has 2 atom stereocenters. The van der Waals surface area contributed by atoms with Gasteiger partial charge in [-0.1, -0.05) is 27.7 Å². The fourth-order valence-electron chi connectivity index (χ4n) is 2.75. The monoisotopic (exact) mass is 270 g/mol. The molecule has 1 aliphatic carbocycles. The summed E-state index contributed by atoms with van der Waals surface area (Å²) in [6.45, 7) is 11.5. The van der Waals surface area contributed by atoms with Gasteiger partial charge in [-0.2, -0.15) is 0 Å². The van der Waals surface area contributed by atoms with Crippen molar-refractivity contribution >= 4 is 11.9 Å². The van der Waals surface area contributed by atoms with Crippen LogP contribution in [0, 0.1) is 17.3 Å². The lowest BCUT2D eigenvalue weighted by Crippen LogP contribution is -2.31. The van der Waals surface area contributed by atoms with Crippen molar-refractivity contribution in [1.29, 1.82) is 0 Å². The van der Waals surface area contributed by atoms with Crippen molar-refractivity contribution in [3.8, 4) is 0 Å². The van der Waals surface area contributed by atoms with E-state index in [9.17, 15) is 9.59 Å². The molecule has 1 fully saturated rings. The SMILES string of the molecule is CCN(CC)CCCNC(=O)C1C(C(=O)O)C1(C)C. The van der Waals surface area contributed by atoms with Crippen LogP contribution in [0.2, 0.25) is 0 Å². The molecule has 0 spiro atoms. The van der Waals surface area contributed by atoms with Gasteiger partial charge in [-0.3, -0.25) is 9.59 Å². The number of rotatable bonds is 8. The molecule has 0 heterocycles. The first-order chi connectivity index (χ1) is 8.86. The number of carbonyl (C=O) groups excluding carboxylic acids is 1. The van der Waals surface area contributed by atoms with Crippen LogP contribution in [-0.4, -0.2) is 48.1 Å². The van der Waals surface area contributed by atoms with Gasteiger partial charge in [-0.25, -0.2) is 0 Å². The van der Waals surface area contributed by atoms with Crippen LogP contribution < -0.4 is 5.32 Å². The van der Waals surface area contributed by atoms with Crippen LogP contribution in [0.15, 0.2) is 0 Å². The maximum absolute atomic E-state index is 11.9. The van der Waals surface area contributed by atoms with E-state index in [4.69, 9.17) is 5.11 Å². The van der Waals surface area contributed by atoms with E-state index < -0.39 is 17.3 Å². The lowest BCUT2D eigenvalue weighted by molar-refractivity contribution is -0.140. The van der Waals surface area contributed by atoms with E-state index in [1.165, 1.54) is 0 Å². The second-order valence-corrected chi connectivity index (χ2v) is 5.79. The molecule has 1 rings (SSSR count). The van der Waals surface area contributed by atoms with Crippen LogP contribution in [0.1, 0.15) is 34.1 Å². The third kappa shape index (κ3) is 3.69. The number of hydrogen-bond donors (Lipinski definition) is 2. The molecule has 2 N–H and O–H groups in total. The summed E-state index contributed by atoms with van der Waals surface area (Å²) in [4.78, 5) is 25.2. The topological polar surface area (TPSA) is 69.6 Å². The zero-order valence-corrected chi connectivity index (χ0v) is 12.4. The Labute approximate surface area is 115 Å². The van der Waals surface area contributed by atoms with Crippen molar-refractivity contribution in [3.05, 3.63) is 0 Å². The van der Waals surface area contributed by atoms with E-state index >= 15 is 0 Å². The Morgan fingerprint density at radius 3 is 2.21 bits per heavy atom. The first kappa shape index (κ1) is 16.0. The zero-order valence-electron chi connectivity index (χ0n) is 12.4. The highest BCUT2D eigenvalue weighted by Gasteiger charge is 2.65. The largest absolute Gasteiger partial charge is 0.481 e. The summed E-state index contributed by atoms with van der Waals surface area (Å²) in [6.07, 6.45) is 0.901. The smallest absolute Gasteiger partial charge is 0.307 e. The van der Waals surface area contributed by atoms with E-state index in [0.717, 1.165) is 26.1 Å². The van der Waals surface area contributed by atoms with Crippen molar-refractivity contribution in [2.45, 2.75) is 34.1 Å². The summed E-state index contributed by atoms with van der Waals surface area (Å²) in [6, 6.07) is 0. The zero-order chi connectivity index (χ0) is 14.6. The molecule has 1 saturated carbocycles. The Morgan fingerprint density at radius 1 is 1.21 bits per heavy atom. The van der Waals surface area contributed by atoms with Crippen LogP contribution >= 0.6 is 0 Å². The van der Waals surface area contributed by atoms with Gasteiger partial charge in [0, 0.05) is 6.54 Å². The minimum Gasteiger partial charge on any atom is -0.481 e. The molecule has 1 aliphatic rings. The maximum Gasteiger partial charge on any atom is 0.307 e. The number of nitrogens with zero attached hydrogens (tertiary/aromatic N) is 1. The average molecular weight is 270 g/mol. The molecule has 19 heavy (non-hydrogen) atoms. The van der Waals surface area contributed by atoms with Crippen molar-refractivity contribution in [3.63, 3.8) is 0 Å². The molecule has 1 amide bonds. The molecule has 0 radical (unpaired) electrons. The number of carboxylic acids is 1.